The van der Waals surface area contributed by atoms with Crippen LogP contribution in [0.25, 0.3) is 0 Å². The van der Waals surface area contributed by atoms with Gasteiger partial charge in [0.15, 0.2) is 0 Å². The summed E-state index contributed by atoms with van der Waals surface area (Å²) < 4.78 is 26.9. The molecule has 156 valence electrons. The molecule has 1 aromatic carbocycles. The minimum Gasteiger partial charge on any atom is -0.343 e. The Bertz CT molecular complexity index is 960. The van der Waals surface area contributed by atoms with Crippen molar-refractivity contribution in [2.75, 3.05) is 25.0 Å². The summed E-state index contributed by atoms with van der Waals surface area (Å²) in [4.78, 5) is 26.3. The quantitative estimate of drug-likeness (QED) is 0.653. The summed E-state index contributed by atoms with van der Waals surface area (Å²) in [6, 6.07) is 5.92. The molecule has 9 nitrogen and oxygen atoms in total. The molecule has 0 bridgehead atoms. The van der Waals surface area contributed by atoms with Gasteiger partial charge >= 0.3 is 0 Å². The lowest BCUT2D eigenvalue weighted by molar-refractivity contribution is -0.134. The van der Waals surface area contributed by atoms with Crippen molar-refractivity contribution in [1.29, 1.82) is 0 Å². The van der Waals surface area contributed by atoms with Crippen LogP contribution in [0.15, 0.2) is 34.7 Å². The van der Waals surface area contributed by atoms with Crippen molar-refractivity contribution in [1.82, 2.24) is 19.8 Å². The van der Waals surface area contributed by atoms with E-state index in [1.165, 1.54) is 29.0 Å². The maximum absolute atomic E-state index is 12.4. The lowest BCUT2D eigenvalue weighted by atomic mass is 9.96. The zero-order valence-electron chi connectivity index (χ0n) is 15.4. The molecule has 3 rings (SSSR count). The Hall–Kier alpha value is -2.08. The first-order valence-electron chi connectivity index (χ1n) is 8.95. The van der Waals surface area contributed by atoms with Crippen LogP contribution in [0.4, 0.5) is 5.13 Å². The van der Waals surface area contributed by atoms with Gasteiger partial charge in [0.2, 0.25) is 27.0 Å². The van der Waals surface area contributed by atoms with Crippen LogP contribution in [0.3, 0.4) is 0 Å². The van der Waals surface area contributed by atoms with Gasteiger partial charge in [-0.3, -0.25) is 9.59 Å². The lowest BCUT2D eigenvalue weighted by Crippen LogP contribution is -2.42. The highest BCUT2D eigenvalue weighted by Gasteiger charge is 2.27. The first kappa shape index (κ1) is 21.6. The van der Waals surface area contributed by atoms with Crippen LogP contribution in [0.2, 0.25) is 5.02 Å². The molecule has 12 heteroatoms. The number of benzene rings is 1. The number of halogens is 1. The van der Waals surface area contributed by atoms with Gasteiger partial charge in [0.05, 0.1) is 4.90 Å². The largest absolute Gasteiger partial charge is 0.343 e. The molecule has 0 unspecified atom stereocenters. The van der Waals surface area contributed by atoms with Gasteiger partial charge in [-0.05, 0) is 31.0 Å². The summed E-state index contributed by atoms with van der Waals surface area (Å²) in [5.74, 6) is -0.464. The van der Waals surface area contributed by atoms with Crippen molar-refractivity contribution in [2.24, 2.45) is 5.92 Å². The topological polar surface area (TPSA) is 121 Å². The SMILES string of the molecule is O=C(Nc1nncs1)C1CCN(C(=O)CCNS(=O)(=O)c2cccc(Cl)c2)CC1. The van der Waals surface area contributed by atoms with Crippen molar-refractivity contribution in [3.05, 3.63) is 34.8 Å². The first-order chi connectivity index (χ1) is 13.8. The predicted molar refractivity (Wildman–Crippen MR) is 109 cm³/mol. The van der Waals surface area contributed by atoms with Gasteiger partial charge in [0, 0.05) is 37.0 Å². The smallest absolute Gasteiger partial charge is 0.240 e. The van der Waals surface area contributed by atoms with Gasteiger partial charge in [0.1, 0.15) is 5.51 Å². The van der Waals surface area contributed by atoms with Crippen LogP contribution >= 0.6 is 22.9 Å². The number of rotatable bonds is 7. The molecule has 1 saturated heterocycles. The number of sulfonamides is 1. The maximum Gasteiger partial charge on any atom is 0.240 e. The summed E-state index contributed by atoms with van der Waals surface area (Å²) in [5.41, 5.74) is 1.54. The molecule has 29 heavy (non-hydrogen) atoms. The van der Waals surface area contributed by atoms with E-state index in [2.05, 4.69) is 20.2 Å². The average molecular weight is 458 g/mol. The number of anilines is 1. The highest BCUT2D eigenvalue weighted by Crippen LogP contribution is 2.20. The van der Waals surface area contributed by atoms with E-state index in [-0.39, 0.29) is 35.6 Å². The Kier molecular flexibility index (Phi) is 7.17. The van der Waals surface area contributed by atoms with Crippen LogP contribution in [0.1, 0.15) is 19.3 Å². The summed E-state index contributed by atoms with van der Waals surface area (Å²) in [5, 5.41) is 11.0. The molecule has 0 atom stereocenters. The van der Waals surface area contributed by atoms with E-state index >= 15 is 0 Å². The number of carbonyl (C=O) groups excluding carboxylic acids is 2. The summed E-state index contributed by atoms with van der Waals surface area (Å²) in [6.07, 6.45) is 1.14. The first-order valence-corrected chi connectivity index (χ1v) is 11.7. The summed E-state index contributed by atoms with van der Waals surface area (Å²) in [7, 11) is -3.72. The van der Waals surface area contributed by atoms with E-state index in [0.29, 0.717) is 36.1 Å². The van der Waals surface area contributed by atoms with Gasteiger partial charge in [0.25, 0.3) is 0 Å². The second kappa shape index (κ2) is 9.61. The van der Waals surface area contributed by atoms with Crippen molar-refractivity contribution in [3.63, 3.8) is 0 Å². The molecular formula is C17H20ClN5O4S2. The Labute approximate surface area is 177 Å². The molecular weight excluding hydrogens is 438 g/mol. The van der Waals surface area contributed by atoms with Crippen LogP contribution < -0.4 is 10.0 Å². The van der Waals surface area contributed by atoms with Crippen LogP contribution in [-0.2, 0) is 19.6 Å². The summed E-state index contributed by atoms with van der Waals surface area (Å²) >= 11 is 7.07. The van der Waals surface area contributed by atoms with E-state index in [1.54, 1.807) is 17.0 Å². The monoisotopic (exact) mass is 457 g/mol. The summed E-state index contributed by atoms with van der Waals surface area (Å²) in [6.45, 7) is 0.896. The van der Waals surface area contributed by atoms with Crippen LogP contribution in [0, 0.1) is 5.92 Å². The fourth-order valence-electron chi connectivity index (χ4n) is 2.99. The van der Waals surface area contributed by atoms with Crippen LogP contribution in [-0.4, -0.2) is 55.0 Å². The molecule has 1 fully saturated rings. The predicted octanol–water partition coefficient (Wildman–Crippen LogP) is 1.74. The van der Waals surface area contributed by atoms with E-state index < -0.39 is 10.0 Å². The number of amides is 2. The molecule has 0 spiro atoms. The second-order valence-electron chi connectivity index (χ2n) is 6.49. The molecule has 2 aromatic rings. The average Bonchev–Trinajstić information content (AvgIpc) is 3.21. The Morgan fingerprint density at radius 1 is 1.28 bits per heavy atom. The number of aromatic nitrogens is 2. The Morgan fingerprint density at radius 2 is 2.03 bits per heavy atom. The number of nitrogens with one attached hydrogen (secondary N) is 2. The molecule has 2 amide bonds. The number of piperidine rings is 1. The lowest BCUT2D eigenvalue weighted by Gasteiger charge is -2.31. The van der Waals surface area contributed by atoms with Gasteiger partial charge in [-0.2, -0.15) is 0 Å². The molecule has 1 aliphatic heterocycles. The minimum absolute atomic E-state index is 0.00879. The number of likely N-dealkylation sites (tertiary alicyclic amines) is 1. The van der Waals surface area contributed by atoms with E-state index in [4.69, 9.17) is 11.6 Å². The number of hydrogen-bond donors (Lipinski definition) is 2. The third-order valence-electron chi connectivity index (χ3n) is 4.55. The van der Waals surface area contributed by atoms with Gasteiger partial charge in [-0.25, -0.2) is 13.1 Å². The van der Waals surface area contributed by atoms with E-state index in [9.17, 15) is 18.0 Å². The zero-order chi connectivity index (χ0) is 20.9. The molecule has 0 radical (unpaired) electrons. The van der Waals surface area contributed by atoms with Crippen molar-refractivity contribution < 1.29 is 18.0 Å². The molecule has 1 aliphatic rings. The number of nitrogens with zero attached hydrogens (tertiary/aromatic N) is 3. The van der Waals surface area contributed by atoms with Gasteiger partial charge in [-0.1, -0.05) is 29.0 Å². The van der Waals surface area contributed by atoms with Crippen molar-refractivity contribution >= 4 is 49.9 Å². The molecule has 0 aliphatic carbocycles. The van der Waals surface area contributed by atoms with Gasteiger partial charge in [-0.15, -0.1) is 10.2 Å². The van der Waals surface area contributed by atoms with Crippen LogP contribution in [0.5, 0.6) is 0 Å². The molecule has 1 aromatic heterocycles. The molecule has 0 saturated carbocycles. The Balaban J connectivity index is 1.42. The highest BCUT2D eigenvalue weighted by molar-refractivity contribution is 7.89. The maximum atomic E-state index is 12.4. The number of carbonyl (C=O) groups is 2. The standard InChI is InChI=1S/C17H20ClN5O4S2/c18-13-2-1-3-14(10-13)29(26,27)20-7-4-15(24)23-8-5-12(6-9-23)16(25)21-17-22-19-11-28-17/h1-3,10-12,20H,4-9H2,(H,21,22,25). The molecule has 2 N–H and O–H groups in total. The van der Waals surface area contributed by atoms with E-state index in [0.717, 1.165) is 0 Å². The normalized spacial score (nSPS) is 15.3. The third-order valence-corrected chi connectivity index (χ3v) is 6.85. The fourth-order valence-corrected chi connectivity index (χ4v) is 4.77. The highest BCUT2D eigenvalue weighted by atomic mass is 35.5. The number of hydrogen-bond acceptors (Lipinski definition) is 7. The van der Waals surface area contributed by atoms with Crippen molar-refractivity contribution in [2.45, 2.75) is 24.2 Å². The van der Waals surface area contributed by atoms with Gasteiger partial charge < -0.3 is 10.2 Å². The second-order valence-corrected chi connectivity index (χ2v) is 9.53. The Morgan fingerprint density at radius 3 is 2.69 bits per heavy atom. The fraction of sp³-hybridized carbons (Fsp3) is 0.412. The minimum atomic E-state index is -3.72. The van der Waals surface area contributed by atoms with Crippen molar-refractivity contribution in [3.8, 4) is 0 Å². The molecule has 2 heterocycles. The third kappa shape index (κ3) is 5.95. The van der Waals surface area contributed by atoms with E-state index in [1.807, 2.05) is 0 Å². The zero-order valence-corrected chi connectivity index (χ0v) is 17.8.